The average molecular weight is 288 g/mol. The lowest BCUT2D eigenvalue weighted by atomic mass is 9.78. The van der Waals surface area contributed by atoms with Crippen molar-refractivity contribution in [2.24, 2.45) is 5.41 Å². The van der Waals surface area contributed by atoms with E-state index in [1.54, 1.807) is 12.1 Å². The van der Waals surface area contributed by atoms with Gasteiger partial charge in [-0.05, 0) is 31.4 Å². The molecule has 1 saturated heterocycles. The summed E-state index contributed by atoms with van der Waals surface area (Å²) in [6.45, 7) is 3.65. The van der Waals surface area contributed by atoms with E-state index in [4.69, 9.17) is 11.6 Å². The number of thiophene rings is 1. The van der Waals surface area contributed by atoms with E-state index in [0.29, 0.717) is 15.8 Å². The second-order valence-electron chi connectivity index (χ2n) is 4.95. The second kappa shape index (κ2) is 5.59. The van der Waals surface area contributed by atoms with Gasteiger partial charge in [0, 0.05) is 18.5 Å². The molecule has 0 saturated carbocycles. The van der Waals surface area contributed by atoms with Crippen molar-refractivity contribution < 1.29 is 9.90 Å². The Kier molecular flexibility index (Phi) is 4.30. The molecule has 18 heavy (non-hydrogen) atoms. The third-order valence-electron chi connectivity index (χ3n) is 3.82. The first kappa shape index (κ1) is 13.8. The van der Waals surface area contributed by atoms with Gasteiger partial charge >= 0.3 is 0 Å². The highest BCUT2D eigenvalue weighted by molar-refractivity contribution is 7.17. The zero-order chi connectivity index (χ0) is 13.2. The van der Waals surface area contributed by atoms with Gasteiger partial charge in [0.2, 0.25) is 0 Å². The van der Waals surface area contributed by atoms with Gasteiger partial charge in [-0.15, -0.1) is 11.3 Å². The van der Waals surface area contributed by atoms with Crippen LogP contribution in [0.4, 0.5) is 0 Å². The van der Waals surface area contributed by atoms with Crippen LogP contribution in [0.5, 0.6) is 0 Å². The first-order chi connectivity index (χ1) is 8.60. The number of likely N-dealkylation sites (tertiary alicyclic amines) is 1. The number of hydrogen-bond donors (Lipinski definition) is 1. The van der Waals surface area contributed by atoms with E-state index in [-0.39, 0.29) is 17.9 Å². The van der Waals surface area contributed by atoms with Crippen molar-refractivity contribution >= 4 is 28.8 Å². The highest BCUT2D eigenvalue weighted by Crippen LogP contribution is 2.34. The zero-order valence-electron chi connectivity index (χ0n) is 10.5. The molecule has 2 rings (SSSR count). The summed E-state index contributed by atoms with van der Waals surface area (Å²) in [5.41, 5.74) is -0.116. The lowest BCUT2D eigenvalue weighted by Gasteiger charge is -2.41. The largest absolute Gasteiger partial charge is 0.396 e. The van der Waals surface area contributed by atoms with Crippen molar-refractivity contribution in [3.8, 4) is 0 Å². The molecule has 100 valence electrons. The first-order valence-corrected chi connectivity index (χ1v) is 7.45. The molecule has 1 atom stereocenters. The molecule has 0 aromatic carbocycles. The van der Waals surface area contributed by atoms with Gasteiger partial charge in [0.1, 0.15) is 0 Å². The van der Waals surface area contributed by atoms with Crippen molar-refractivity contribution in [3.63, 3.8) is 0 Å². The maximum absolute atomic E-state index is 12.3. The van der Waals surface area contributed by atoms with Crippen molar-refractivity contribution in [2.45, 2.75) is 26.2 Å². The first-order valence-electron chi connectivity index (χ1n) is 6.26. The fourth-order valence-electron chi connectivity index (χ4n) is 2.50. The fourth-order valence-corrected chi connectivity index (χ4v) is 3.51. The van der Waals surface area contributed by atoms with Crippen LogP contribution in [0.3, 0.4) is 0 Å². The summed E-state index contributed by atoms with van der Waals surface area (Å²) in [7, 11) is 0. The minimum atomic E-state index is -0.116. The van der Waals surface area contributed by atoms with E-state index in [2.05, 4.69) is 6.92 Å². The minimum Gasteiger partial charge on any atom is -0.396 e. The molecule has 1 aromatic heterocycles. The predicted octanol–water partition coefficient (Wildman–Crippen LogP) is 3.03. The van der Waals surface area contributed by atoms with Crippen LogP contribution in [0, 0.1) is 5.41 Å². The maximum Gasteiger partial charge on any atom is 0.263 e. The number of aliphatic hydroxyl groups is 1. The molecule has 0 spiro atoms. The van der Waals surface area contributed by atoms with Gasteiger partial charge in [-0.2, -0.15) is 0 Å². The minimum absolute atomic E-state index is 0.0397. The van der Waals surface area contributed by atoms with Gasteiger partial charge in [0.05, 0.1) is 15.8 Å². The van der Waals surface area contributed by atoms with Gasteiger partial charge in [-0.25, -0.2) is 0 Å². The summed E-state index contributed by atoms with van der Waals surface area (Å²) in [6, 6.07) is 3.53. The smallest absolute Gasteiger partial charge is 0.263 e. The molecule has 1 aromatic rings. The number of carbonyl (C=O) groups excluding carboxylic acids is 1. The number of nitrogens with zero attached hydrogens (tertiary/aromatic N) is 1. The molecule has 0 bridgehead atoms. The predicted molar refractivity (Wildman–Crippen MR) is 74.3 cm³/mol. The number of amides is 1. The van der Waals surface area contributed by atoms with Crippen molar-refractivity contribution in [1.82, 2.24) is 4.90 Å². The highest BCUT2D eigenvalue weighted by Gasteiger charge is 2.35. The summed E-state index contributed by atoms with van der Waals surface area (Å²) < 4.78 is 0.638. The van der Waals surface area contributed by atoms with E-state index in [1.807, 2.05) is 4.90 Å². The Hall–Kier alpha value is -0.580. The van der Waals surface area contributed by atoms with Crippen LogP contribution in [0.1, 0.15) is 35.9 Å². The number of carbonyl (C=O) groups is 1. The van der Waals surface area contributed by atoms with Gasteiger partial charge in [0.25, 0.3) is 5.91 Å². The van der Waals surface area contributed by atoms with Crippen LogP contribution in [-0.2, 0) is 0 Å². The third-order valence-corrected chi connectivity index (χ3v) is 5.04. The van der Waals surface area contributed by atoms with Crippen LogP contribution < -0.4 is 0 Å². The second-order valence-corrected chi connectivity index (χ2v) is 6.66. The Morgan fingerprint density at radius 3 is 2.94 bits per heavy atom. The van der Waals surface area contributed by atoms with Crippen LogP contribution >= 0.6 is 22.9 Å². The Morgan fingerprint density at radius 1 is 1.61 bits per heavy atom. The number of piperidine rings is 1. The molecule has 0 unspecified atom stereocenters. The van der Waals surface area contributed by atoms with E-state index in [1.165, 1.54) is 11.3 Å². The molecule has 5 heteroatoms. The summed E-state index contributed by atoms with van der Waals surface area (Å²) in [4.78, 5) is 14.9. The highest BCUT2D eigenvalue weighted by atomic mass is 35.5. The van der Waals surface area contributed by atoms with Crippen molar-refractivity contribution in [3.05, 3.63) is 21.3 Å². The number of rotatable bonds is 3. The molecule has 1 amide bonds. The molecule has 0 aliphatic carbocycles. The lowest BCUT2D eigenvalue weighted by molar-refractivity contribution is 0.0254. The molecule has 2 heterocycles. The number of aliphatic hydroxyl groups excluding tert-OH is 1. The molecule has 1 N–H and O–H groups in total. The molecular weight excluding hydrogens is 270 g/mol. The van der Waals surface area contributed by atoms with Gasteiger partial charge in [-0.3, -0.25) is 4.79 Å². The fraction of sp³-hybridized carbons (Fsp3) is 0.615. The normalized spacial score (nSPS) is 24.3. The number of hydrogen-bond acceptors (Lipinski definition) is 3. The Bertz CT molecular complexity index is 428. The average Bonchev–Trinajstić information content (AvgIpc) is 2.84. The van der Waals surface area contributed by atoms with Crippen LogP contribution in [0.2, 0.25) is 4.34 Å². The van der Waals surface area contributed by atoms with Crippen molar-refractivity contribution in [1.29, 1.82) is 0 Å². The number of halogens is 1. The maximum atomic E-state index is 12.3. The van der Waals surface area contributed by atoms with E-state index in [0.717, 1.165) is 25.8 Å². The van der Waals surface area contributed by atoms with Crippen LogP contribution in [0.15, 0.2) is 12.1 Å². The van der Waals surface area contributed by atoms with Gasteiger partial charge in [0.15, 0.2) is 0 Å². The quantitative estimate of drug-likeness (QED) is 0.928. The molecule has 1 fully saturated rings. The lowest BCUT2D eigenvalue weighted by Crippen LogP contribution is -2.47. The standard InChI is InChI=1S/C13H18ClNO2S/c1-2-13(9-16)6-3-7-15(8-13)12(17)10-4-5-11(14)18-10/h4-5,16H,2-3,6-9H2,1H3/t13-/m1/s1. The van der Waals surface area contributed by atoms with Crippen LogP contribution in [0.25, 0.3) is 0 Å². The van der Waals surface area contributed by atoms with E-state index < -0.39 is 0 Å². The Labute approximate surface area is 116 Å². The van der Waals surface area contributed by atoms with Gasteiger partial charge < -0.3 is 10.0 Å². The Morgan fingerprint density at radius 2 is 2.39 bits per heavy atom. The monoisotopic (exact) mass is 287 g/mol. The van der Waals surface area contributed by atoms with E-state index in [9.17, 15) is 9.90 Å². The third kappa shape index (κ3) is 2.71. The van der Waals surface area contributed by atoms with E-state index >= 15 is 0 Å². The molecule has 0 radical (unpaired) electrons. The molecule has 1 aliphatic rings. The summed E-state index contributed by atoms with van der Waals surface area (Å²) in [5, 5.41) is 9.56. The summed E-state index contributed by atoms with van der Waals surface area (Å²) >= 11 is 7.18. The van der Waals surface area contributed by atoms with Crippen LogP contribution in [-0.4, -0.2) is 35.6 Å². The summed E-state index contributed by atoms with van der Waals surface area (Å²) in [5.74, 6) is 0.0397. The van der Waals surface area contributed by atoms with Gasteiger partial charge in [-0.1, -0.05) is 18.5 Å². The molecule has 3 nitrogen and oxygen atoms in total. The Balaban J connectivity index is 2.11. The van der Waals surface area contributed by atoms with Crippen molar-refractivity contribution in [2.75, 3.05) is 19.7 Å². The summed E-state index contributed by atoms with van der Waals surface area (Å²) in [6.07, 6.45) is 2.85. The zero-order valence-corrected chi connectivity index (χ0v) is 12.1. The molecular formula is C13H18ClNO2S. The SMILES string of the molecule is CC[C@@]1(CO)CCCN(C(=O)c2ccc(Cl)s2)C1. The topological polar surface area (TPSA) is 40.5 Å². The molecule has 1 aliphatic heterocycles.